The molecule has 27 heavy (non-hydrogen) atoms. The standard InChI is InChI=1S/C20H22N2O5/c1-13-16(6-8-25-13)20(24)22-7-2-3-15(11-22)19(23)21-10-14-4-5-17-18(9-14)27-12-26-17/h4-6,8-9,15H,2-3,7,10-12H2,1H3,(H,21,23). The summed E-state index contributed by atoms with van der Waals surface area (Å²) in [6.45, 7) is 3.51. The van der Waals surface area contributed by atoms with Crippen LogP contribution in [0.15, 0.2) is 34.9 Å². The average Bonchev–Trinajstić information content (AvgIpc) is 3.33. The molecule has 0 bridgehead atoms. The van der Waals surface area contributed by atoms with Gasteiger partial charge in [-0.2, -0.15) is 0 Å². The first-order valence-electron chi connectivity index (χ1n) is 9.11. The zero-order chi connectivity index (χ0) is 18.8. The second-order valence-electron chi connectivity index (χ2n) is 6.89. The highest BCUT2D eigenvalue weighted by atomic mass is 16.7. The van der Waals surface area contributed by atoms with Crippen molar-refractivity contribution in [3.8, 4) is 11.5 Å². The van der Waals surface area contributed by atoms with Crippen LogP contribution in [0.5, 0.6) is 11.5 Å². The monoisotopic (exact) mass is 370 g/mol. The molecule has 0 aliphatic carbocycles. The molecule has 2 aliphatic rings. The number of ether oxygens (including phenoxy) is 2. The third kappa shape index (κ3) is 3.63. The lowest BCUT2D eigenvalue weighted by Gasteiger charge is -2.32. The first kappa shape index (κ1) is 17.5. The summed E-state index contributed by atoms with van der Waals surface area (Å²) in [4.78, 5) is 27.0. The van der Waals surface area contributed by atoms with E-state index in [4.69, 9.17) is 13.9 Å². The molecule has 1 saturated heterocycles. The molecular formula is C20H22N2O5. The Labute approximate surface area is 157 Å². The van der Waals surface area contributed by atoms with E-state index in [0.717, 1.165) is 24.2 Å². The molecule has 0 saturated carbocycles. The Balaban J connectivity index is 1.34. The fourth-order valence-electron chi connectivity index (χ4n) is 3.54. The van der Waals surface area contributed by atoms with Crippen LogP contribution in [0.2, 0.25) is 0 Å². The van der Waals surface area contributed by atoms with E-state index in [1.807, 2.05) is 18.2 Å². The Kier molecular flexibility index (Phi) is 4.75. The van der Waals surface area contributed by atoms with Crippen LogP contribution < -0.4 is 14.8 Å². The smallest absolute Gasteiger partial charge is 0.257 e. The summed E-state index contributed by atoms with van der Waals surface area (Å²) >= 11 is 0. The Morgan fingerprint density at radius 3 is 2.89 bits per heavy atom. The zero-order valence-corrected chi connectivity index (χ0v) is 15.2. The number of nitrogens with one attached hydrogen (secondary N) is 1. The lowest BCUT2D eigenvalue weighted by molar-refractivity contribution is -0.126. The van der Waals surface area contributed by atoms with Crippen LogP contribution in [0.25, 0.3) is 0 Å². The van der Waals surface area contributed by atoms with E-state index < -0.39 is 0 Å². The highest BCUT2D eigenvalue weighted by molar-refractivity contribution is 5.95. The molecule has 2 aromatic rings. The van der Waals surface area contributed by atoms with E-state index in [1.165, 1.54) is 6.26 Å². The van der Waals surface area contributed by atoms with Gasteiger partial charge in [0.15, 0.2) is 11.5 Å². The predicted octanol–water partition coefficient (Wildman–Crippen LogP) is 2.49. The van der Waals surface area contributed by atoms with Crippen molar-refractivity contribution in [3.63, 3.8) is 0 Å². The molecule has 0 radical (unpaired) electrons. The van der Waals surface area contributed by atoms with E-state index in [-0.39, 0.29) is 24.5 Å². The predicted molar refractivity (Wildman–Crippen MR) is 96.5 cm³/mol. The highest BCUT2D eigenvalue weighted by Gasteiger charge is 2.30. The van der Waals surface area contributed by atoms with Gasteiger partial charge in [-0.3, -0.25) is 9.59 Å². The minimum atomic E-state index is -0.205. The average molecular weight is 370 g/mol. The van der Waals surface area contributed by atoms with Crippen molar-refractivity contribution in [2.24, 2.45) is 5.92 Å². The number of fused-ring (bicyclic) bond motifs is 1. The normalized spacial score (nSPS) is 18.4. The molecule has 1 atom stereocenters. The van der Waals surface area contributed by atoms with Gasteiger partial charge in [0.1, 0.15) is 5.76 Å². The van der Waals surface area contributed by atoms with Crippen molar-refractivity contribution in [2.45, 2.75) is 26.3 Å². The summed E-state index contributed by atoms with van der Waals surface area (Å²) in [6.07, 6.45) is 3.11. The molecule has 2 aliphatic heterocycles. The molecule has 1 aromatic carbocycles. The molecule has 1 aromatic heterocycles. The van der Waals surface area contributed by atoms with Gasteiger partial charge < -0.3 is 24.1 Å². The fourth-order valence-corrected chi connectivity index (χ4v) is 3.54. The van der Waals surface area contributed by atoms with Gasteiger partial charge in [-0.05, 0) is 43.5 Å². The van der Waals surface area contributed by atoms with Gasteiger partial charge in [-0.25, -0.2) is 0 Å². The molecule has 7 heteroatoms. The number of hydrogen-bond donors (Lipinski definition) is 1. The molecule has 4 rings (SSSR count). The number of amides is 2. The fraction of sp³-hybridized carbons (Fsp3) is 0.400. The summed E-state index contributed by atoms with van der Waals surface area (Å²) in [5, 5.41) is 2.97. The Hall–Kier alpha value is -2.96. The second kappa shape index (κ2) is 7.34. The summed E-state index contributed by atoms with van der Waals surface area (Å²) in [6, 6.07) is 7.31. The molecule has 142 valence electrons. The molecule has 1 unspecified atom stereocenters. The molecule has 2 amide bonds. The minimum absolute atomic E-state index is 0.0333. The molecule has 7 nitrogen and oxygen atoms in total. The van der Waals surface area contributed by atoms with Gasteiger partial charge in [-0.1, -0.05) is 6.07 Å². The number of aryl methyl sites for hydroxylation is 1. The van der Waals surface area contributed by atoms with Gasteiger partial charge in [0.2, 0.25) is 12.7 Å². The summed E-state index contributed by atoms with van der Waals surface area (Å²) < 4.78 is 15.9. The SMILES string of the molecule is Cc1occc1C(=O)N1CCCC(C(=O)NCc2ccc3c(c2)OCO3)C1. The van der Waals surface area contributed by atoms with E-state index in [9.17, 15) is 9.59 Å². The third-order valence-electron chi connectivity index (χ3n) is 5.07. The number of likely N-dealkylation sites (tertiary alicyclic amines) is 1. The van der Waals surface area contributed by atoms with Crippen LogP contribution in [0, 0.1) is 12.8 Å². The summed E-state index contributed by atoms with van der Waals surface area (Å²) in [5.74, 6) is 1.72. The number of piperidine rings is 1. The maximum absolute atomic E-state index is 12.6. The topological polar surface area (TPSA) is 81.0 Å². The second-order valence-corrected chi connectivity index (χ2v) is 6.89. The quantitative estimate of drug-likeness (QED) is 0.894. The van der Waals surface area contributed by atoms with Crippen molar-refractivity contribution >= 4 is 11.8 Å². The van der Waals surface area contributed by atoms with Crippen molar-refractivity contribution in [1.82, 2.24) is 10.2 Å². The van der Waals surface area contributed by atoms with Crippen molar-refractivity contribution in [2.75, 3.05) is 19.9 Å². The Morgan fingerprint density at radius 2 is 2.07 bits per heavy atom. The van der Waals surface area contributed by atoms with Crippen LogP contribution in [-0.4, -0.2) is 36.6 Å². The summed E-state index contributed by atoms with van der Waals surface area (Å²) in [5.41, 5.74) is 1.52. The van der Waals surface area contributed by atoms with Crippen LogP contribution in [0.4, 0.5) is 0 Å². The van der Waals surface area contributed by atoms with Crippen LogP contribution >= 0.6 is 0 Å². The first-order chi connectivity index (χ1) is 13.1. The van der Waals surface area contributed by atoms with Gasteiger partial charge in [0, 0.05) is 19.6 Å². The Bertz CT molecular complexity index is 860. The molecule has 0 spiro atoms. The first-order valence-corrected chi connectivity index (χ1v) is 9.11. The van der Waals surface area contributed by atoms with Crippen LogP contribution in [0.3, 0.4) is 0 Å². The third-order valence-corrected chi connectivity index (χ3v) is 5.07. The molecule has 1 fully saturated rings. The number of carbonyl (C=O) groups is 2. The van der Waals surface area contributed by atoms with E-state index in [1.54, 1.807) is 17.9 Å². The molecule has 1 N–H and O–H groups in total. The van der Waals surface area contributed by atoms with E-state index in [0.29, 0.717) is 36.7 Å². The minimum Gasteiger partial charge on any atom is -0.469 e. The number of hydrogen-bond acceptors (Lipinski definition) is 5. The number of nitrogens with zero attached hydrogens (tertiary/aromatic N) is 1. The number of carbonyl (C=O) groups excluding carboxylic acids is 2. The largest absolute Gasteiger partial charge is 0.469 e. The number of rotatable bonds is 4. The summed E-state index contributed by atoms with van der Waals surface area (Å²) in [7, 11) is 0. The van der Waals surface area contributed by atoms with Gasteiger partial charge >= 0.3 is 0 Å². The molecule has 3 heterocycles. The van der Waals surface area contributed by atoms with Crippen molar-refractivity contribution in [1.29, 1.82) is 0 Å². The highest BCUT2D eigenvalue weighted by Crippen LogP contribution is 2.32. The maximum Gasteiger partial charge on any atom is 0.257 e. The lowest BCUT2D eigenvalue weighted by atomic mass is 9.96. The van der Waals surface area contributed by atoms with E-state index in [2.05, 4.69) is 5.32 Å². The van der Waals surface area contributed by atoms with E-state index >= 15 is 0 Å². The zero-order valence-electron chi connectivity index (χ0n) is 15.2. The maximum atomic E-state index is 12.6. The molecular weight excluding hydrogens is 348 g/mol. The van der Waals surface area contributed by atoms with Crippen LogP contribution in [0.1, 0.15) is 34.5 Å². The van der Waals surface area contributed by atoms with Crippen molar-refractivity contribution in [3.05, 3.63) is 47.4 Å². The van der Waals surface area contributed by atoms with Gasteiger partial charge in [-0.15, -0.1) is 0 Å². The van der Waals surface area contributed by atoms with Gasteiger partial charge in [0.05, 0.1) is 17.7 Å². The lowest BCUT2D eigenvalue weighted by Crippen LogP contribution is -2.45. The Morgan fingerprint density at radius 1 is 1.22 bits per heavy atom. The van der Waals surface area contributed by atoms with Crippen LogP contribution in [-0.2, 0) is 11.3 Å². The van der Waals surface area contributed by atoms with Crippen molar-refractivity contribution < 1.29 is 23.5 Å². The number of benzene rings is 1. The van der Waals surface area contributed by atoms with Gasteiger partial charge in [0.25, 0.3) is 5.91 Å². The number of furan rings is 1.